The molecule has 0 saturated heterocycles. The van der Waals surface area contributed by atoms with Crippen LogP contribution in [0.1, 0.15) is 36.9 Å². The van der Waals surface area contributed by atoms with E-state index in [0.29, 0.717) is 48.5 Å². The van der Waals surface area contributed by atoms with E-state index in [4.69, 9.17) is 14.3 Å². The summed E-state index contributed by atoms with van der Waals surface area (Å²) in [5, 5.41) is 8.72. The highest BCUT2D eigenvalue weighted by atomic mass is 19.4. The Hall–Kier alpha value is -4.01. The molecule has 0 aliphatic carbocycles. The van der Waals surface area contributed by atoms with E-state index < -0.39 is 17.8 Å². The molecule has 0 atom stereocenters. The van der Waals surface area contributed by atoms with E-state index in [1.807, 2.05) is 0 Å². The van der Waals surface area contributed by atoms with E-state index in [9.17, 15) is 18.0 Å². The molecular formula is C27H25F3N2O4. The number of para-hydroxylation sites is 1. The van der Waals surface area contributed by atoms with Gasteiger partial charge in [0.25, 0.3) is 0 Å². The van der Waals surface area contributed by atoms with E-state index >= 15 is 0 Å². The molecule has 2 aromatic heterocycles. The van der Waals surface area contributed by atoms with Crippen LogP contribution < -0.4 is 4.74 Å². The van der Waals surface area contributed by atoms with Crippen LogP contribution in [0.5, 0.6) is 5.75 Å². The summed E-state index contributed by atoms with van der Waals surface area (Å²) < 4.78 is 54.0. The maximum Gasteiger partial charge on any atom is 0.433 e. The van der Waals surface area contributed by atoms with Crippen molar-refractivity contribution < 1.29 is 32.2 Å². The van der Waals surface area contributed by atoms with Gasteiger partial charge < -0.3 is 18.8 Å². The number of halogens is 3. The van der Waals surface area contributed by atoms with Crippen LogP contribution in [0.2, 0.25) is 0 Å². The average Bonchev–Trinajstić information content (AvgIpc) is 3.53. The van der Waals surface area contributed by atoms with Crippen LogP contribution in [0.25, 0.3) is 22.7 Å². The van der Waals surface area contributed by atoms with Crippen molar-refractivity contribution in [2.24, 2.45) is 0 Å². The first-order chi connectivity index (χ1) is 17.3. The number of ether oxygens (including phenoxy) is 1. The zero-order valence-electron chi connectivity index (χ0n) is 19.4. The normalized spacial score (nSPS) is 11.5. The molecule has 0 unspecified atom stereocenters. The number of benzene rings is 2. The van der Waals surface area contributed by atoms with Gasteiger partial charge in [0.15, 0.2) is 0 Å². The van der Waals surface area contributed by atoms with Crippen molar-refractivity contribution in [3.8, 4) is 28.5 Å². The van der Waals surface area contributed by atoms with Crippen molar-refractivity contribution in [1.29, 1.82) is 0 Å². The van der Waals surface area contributed by atoms with Crippen LogP contribution in [-0.2, 0) is 17.5 Å². The van der Waals surface area contributed by atoms with Crippen LogP contribution in [-0.4, -0.2) is 27.2 Å². The number of nitrogens with zero attached hydrogens (tertiary/aromatic N) is 2. The van der Waals surface area contributed by atoms with Crippen molar-refractivity contribution >= 4 is 5.97 Å². The number of carbonyl (C=O) groups is 1. The molecule has 1 N–H and O–H groups in total. The number of carboxylic acids is 1. The molecule has 2 heterocycles. The van der Waals surface area contributed by atoms with Gasteiger partial charge in [-0.15, -0.1) is 0 Å². The van der Waals surface area contributed by atoms with Crippen molar-refractivity contribution in [2.45, 2.75) is 38.4 Å². The highest BCUT2D eigenvalue weighted by Gasteiger charge is 2.36. The minimum atomic E-state index is -4.58. The Morgan fingerprint density at radius 3 is 2.42 bits per heavy atom. The minimum Gasteiger partial charge on any atom is -0.493 e. The summed E-state index contributed by atoms with van der Waals surface area (Å²) >= 11 is 0. The number of aliphatic carboxylic acids is 1. The number of imidazole rings is 1. The average molecular weight is 499 g/mol. The lowest BCUT2D eigenvalue weighted by Crippen LogP contribution is -2.15. The monoisotopic (exact) mass is 498 g/mol. The zero-order valence-corrected chi connectivity index (χ0v) is 19.4. The van der Waals surface area contributed by atoms with Crippen molar-refractivity contribution in [2.75, 3.05) is 6.61 Å². The smallest absolute Gasteiger partial charge is 0.433 e. The maximum atomic E-state index is 13.9. The van der Waals surface area contributed by atoms with Crippen LogP contribution in [0.15, 0.2) is 77.5 Å². The molecule has 2 aromatic carbocycles. The van der Waals surface area contributed by atoms with Gasteiger partial charge in [0.05, 0.1) is 25.6 Å². The Kier molecular flexibility index (Phi) is 7.77. The molecule has 0 radical (unpaired) electrons. The number of aromatic nitrogens is 2. The third kappa shape index (κ3) is 6.16. The van der Waals surface area contributed by atoms with Crippen LogP contribution >= 0.6 is 0 Å². The van der Waals surface area contributed by atoms with Gasteiger partial charge in [-0.1, -0.05) is 42.5 Å². The van der Waals surface area contributed by atoms with Gasteiger partial charge in [0.1, 0.15) is 23.0 Å². The Morgan fingerprint density at radius 2 is 1.72 bits per heavy atom. The van der Waals surface area contributed by atoms with E-state index in [1.165, 1.54) is 0 Å². The summed E-state index contributed by atoms with van der Waals surface area (Å²) in [5.74, 6) is 0.497. The first-order valence-corrected chi connectivity index (χ1v) is 11.5. The standard InChI is InChI=1S/C27H25F3N2O4/c28-27(29,30)24-17-31-26(20-13-11-19(12-14-20)22-9-6-16-36-22)32(24)18-21-7-3-4-8-23(21)35-15-5-1-2-10-25(33)34/h3-4,6-9,11-14,16-17H,1-2,5,10,15,18H2,(H,33,34). The second kappa shape index (κ2) is 11.2. The number of carboxylic acid groups (broad SMARTS) is 1. The first kappa shape index (κ1) is 25.1. The fourth-order valence-electron chi connectivity index (χ4n) is 3.90. The molecule has 0 saturated carbocycles. The molecule has 0 amide bonds. The van der Waals surface area contributed by atoms with E-state index in [0.717, 1.165) is 16.3 Å². The number of unbranched alkanes of at least 4 members (excludes halogenated alkanes) is 2. The quantitative estimate of drug-likeness (QED) is 0.228. The van der Waals surface area contributed by atoms with Crippen LogP contribution in [0, 0.1) is 0 Å². The van der Waals surface area contributed by atoms with Crippen molar-refractivity contribution in [3.63, 3.8) is 0 Å². The second-order valence-corrected chi connectivity index (χ2v) is 8.27. The second-order valence-electron chi connectivity index (χ2n) is 8.27. The molecule has 0 aliphatic heterocycles. The summed E-state index contributed by atoms with van der Waals surface area (Å²) in [6.45, 7) is 0.257. The van der Waals surface area contributed by atoms with E-state index in [1.54, 1.807) is 66.9 Å². The third-order valence-electron chi connectivity index (χ3n) is 5.69. The van der Waals surface area contributed by atoms with Gasteiger partial charge in [0.2, 0.25) is 0 Å². The number of furan rings is 1. The molecule has 0 fully saturated rings. The predicted molar refractivity (Wildman–Crippen MR) is 128 cm³/mol. The van der Waals surface area contributed by atoms with E-state index in [2.05, 4.69) is 4.98 Å². The molecule has 4 aromatic rings. The highest BCUT2D eigenvalue weighted by molar-refractivity contribution is 5.66. The largest absolute Gasteiger partial charge is 0.493 e. The Labute approximate surface area is 206 Å². The van der Waals surface area contributed by atoms with Gasteiger partial charge in [-0.3, -0.25) is 4.79 Å². The van der Waals surface area contributed by atoms with E-state index in [-0.39, 0.29) is 18.8 Å². The molecule has 0 spiro atoms. The lowest BCUT2D eigenvalue weighted by Gasteiger charge is -2.17. The fourth-order valence-corrected chi connectivity index (χ4v) is 3.90. The SMILES string of the molecule is O=C(O)CCCCCOc1ccccc1Cn1c(C(F)(F)F)cnc1-c1ccc(-c2ccco2)cc1. The molecule has 188 valence electrons. The Morgan fingerprint density at radius 1 is 0.972 bits per heavy atom. The number of alkyl halides is 3. The van der Waals surface area contributed by atoms with Gasteiger partial charge in [-0.25, -0.2) is 4.98 Å². The molecule has 0 aliphatic rings. The number of hydrogen-bond acceptors (Lipinski definition) is 4. The van der Waals surface area contributed by atoms with Gasteiger partial charge in [0, 0.05) is 23.1 Å². The van der Waals surface area contributed by atoms with Gasteiger partial charge >= 0.3 is 12.1 Å². The zero-order chi connectivity index (χ0) is 25.5. The number of rotatable bonds is 11. The highest BCUT2D eigenvalue weighted by Crippen LogP contribution is 2.35. The summed E-state index contributed by atoms with van der Waals surface area (Å²) in [5.41, 5.74) is 1.08. The molecule has 9 heteroatoms. The summed E-state index contributed by atoms with van der Waals surface area (Å²) in [7, 11) is 0. The first-order valence-electron chi connectivity index (χ1n) is 11.5. The molecular weight excluding hydrogens is 473 g/mol. The molecule has 6 nitrogen and oxygen atoms in total. The lowest BCUT2D eigenvalue weighted by atomic mass is 10.1. The fraction of sp³-hybridized carbons (Fsp3) is 0.259. The summed E-state index contributed by atoms with van der Waals surface area (Å²) in [6.07, 6.45) is -0.197. The van der Waals surface area contributed by atoms with Crippen molar-refractivity contribution in [3.05, 3.63) is 84.4 Å². The predicted octanol–water partition coefficient (Wildman–Crippen LogP) is 6.90. The third-order valence-corrected chi connectivity index (χ3v) is 5.69. The Balaban J connectivity index is 1.56. The topological polar surface area (TPSA) is 77.5 Å². The lowest BCUT2D eigenvalue weighted by molar-refractivity contribution is -0.143. The number of hydrogen-bond donors (Lipinski definition) is 1. The molecule has 4 rings (SSSR count). The Bertz CT molecular complexity index is 1280. The van der Waals surface area contributed by atoms with Gasteiger partial charge in [-0.2, -0.15) is 13.2 Å². The molecule has 36 heavy (non-hydrogen) atoms. The van der Waals surface area contributed by atoms with Gasteiger partial charge in [-0.05, 0) is 37.5 Å². The van der Waals surface area contributed by atoms with Crippen molar-refractivity contribution in [1.82, 2.24) is 9.55 Å². The minimum absolute atomic E-state index is 0.0840. The molecule has 0 bridgehead atoms. The maximum absolute atomic E-state index is 13.9. The summed E-state index contributed by atoms with van der Waals surface area (Å²) in [6, 6.07) is 17.5. The summed E-state index contributed by atoms with van der Waals surface area (Å²) in [4.78, 5) is 14.7. The van der Waals surface area contributed by atoms with Crippen LogP contribution in [0.4, 0.5) is 13.2 Å². The van der Waals surface area contributed by atoms with Crippen LogP contribution in [0.3, 0.4) is 0 Å².